The molecule has 1 fully saturated rings. The Morgan fingerprint density at radius 1 is 1.05 bits per heavy atom. The summed E-state index contributed by atoms with van der Waals surface area (Å²) in [7, 11) is 0. The van der Waals surface area contributed by atoms with Gasteiger partial charge < -0.3 is 24.5 Å². The topological polar surface area (TPSA) is 129 Å². The second kappa shape index (κ2) is 8.58. The molecule has 1 aromatic carbocycles. The predicted molar refractivity (Wildman–Crippen MR) is 139 cm³/mol. The van der Waals surface area contributed by atoms with Crippen LogP contribution in [0.2, 0.25) is 0 Å². The van der Waals surface area contributed by atoms with E-state index >= 15 is 0 Å². The van der Waals surface area contributed by atoms with E-state index in [-0.39, 0.29) is 34.0 Å². The maximum absolute atomic E-state index is 13.2. The fourth-order valence-corrected chi connectivity index (χ4v) is 5.57. The average Bonchev–Trinajstić information content (AvgIpc) is 2.91. The third-order valence-electron chi connectivity index (χ3n) is 7.57. The number of benzene rings is 1. The Balaban J connectivity index is 1.30. The van der Waals surface area contributed by atoms with E-state index in [4.69, 9.17) is 0 Å². The van der Waals surface area contributed by atoms with Gasteiger partial charge in [-0.1, -0.05) is 0 Å². The highest BCUT2D eigenvalue weighted by molar-refractivity contribution is 5.97. The van der Waals surface area contributed by atoms with Crippen LogP contribution in [0.3, 0.4) is 0 Å². The summed E-state index contributed by atoms with van der Waals surface area (Å²) in [6.45, 7) is 4.05. The first-order chi connectivity index (χ1) is 17.8. The molecule has 0 bridgehead atoms. The van der Waals surface area contributed by atoms with Gasteiger partial charge in [-0.15, -0.1) is 0 Å². The summed E-state index contributed by atoms with van der Waals surface area (Å²) in [6, 6.07) is 7.16. The summed E-state index contributed by atoms with van der Waals surface area (Å²) >= 11 is 0. The number of hydrogen-bond acceptors (Lipinski definition) is 6. The minimum Gasteiger partial charge on any atom is -0.477 e. The summed E-state index contributed by atoms with van der Waals surface area (Å²) in [6.07, 6.45) is 6.07. The molecule has 37 heavy (non-hydrogen) atoms. The average molecular weight is 500 g/mol. The van der Waals surface area contributed by atoms with Crippen LogP contribution < -0.4 is 15.8 Å². The van der Waals surface area contributed by atoms with Gasteiger partial charge >= 0.3 is 5.97 Å². The van der Waals surface area contributed by atoms with Crippen molar-refractivity contribution in [2.45, 2.75) is 25.8 Å². The SMILES string of the molecule is CC1CCc2c(N3CCN(C(=O)c4c[nH]c5cccnc5c4=O)CC3)ccc3c(=O)c(C(=O)O)cn1c23. The van der Waals surface area contributed by atoms with E-state index in [1.807, 2.05) is 17.6 Å². The van der Waals surface area contributed by atoms with Gasteiger partial charge in [0.1, 0.15) is 16.6 Å². The second-order valence-corrected chi connectivity index (χ2v) is 9.64. The number of fused-ring (bicyclic) bond motifs is 1. The van der Waals surface area contributed by atoms with Crippen molar-refractivity contribution in [3.05, 3.63) is 80.0 Å². The highest BCUT2D eigenvalue weighted by Crippen LogP contribution is 2.36. The summed E-state index contributed by atoms with van der Waals surface area (Å²) in [5.41, 5.74) is 2.66. The molecular formula is C27H25N5O5. The highest BCUT2D eigenvalue weighted by Gasteiger charge is 2.29. The number of rotatable bonds is 3. The number of carboxylic acid groups (broad SMARTS) is 1. The Bertz CT molecular complexity index is 1710. The van der Waals surface area contributed by atoms with E-state index in [0.29, 0.717) is 37.1 Å². The number of H-pyrrole nitrogens is 1. The molecule has 1 atom stereocenters. The fraction of sp³-hybridized carbons (Fsp3) is 0.296. The molecule has 0 radical (unpaired) electrons. The van der Waals surface area contributed by atoms with Crippen molar-refractivity contribution in [2.75, 3.05) is 31.1 Å². The Labute approximate surface area is 210 Å². The van der Waals surface area contributed by atoms with Gasteiger partial charge in [0, 0.05) is 61.9 Å². The third-order valence-corrected chi connectivity index (χ3v) is 7.57. The predicted octanol–water partition coefficient (Wildman–Crippen LogP) is 2.41. The molecule has 10 heteroatoms. The number of aromatic carboxylic acids is 1. The number of carbonyl (C=O) groups excluding carboxylic acids is 1. The number of carbonyl (C=O) groups is 2. The molecule has 2 N–H and O–H groups in total. The Morgan fingerprint density at radius 2 is 1.84 bits per heavy atom. The zero-order valence-electron chi connectivity index (χ0n) is 20.2. The molecule has 6 rings (SSSR count). The zero-order valence-corrected chi connectivity index (χ0v) is 20.2. The van der Waals surface area contributed by atoms with Crippen LogP contribution in [0, 0.1) is 0 Å². The molecule has 0 aliphatic carbocycles. The molecule has 1 unspecified atom stereocenters. The molecule has 5 heterocycles. The number of aromatic amines is 1. The number of anilines is 1. The van der Waals surface area contributed by atoms with Crippen LogP contribution in [0.15, 0.2) is 52.4 Å². The number of pyridine rings is 3. The van der Waals surface area contributed by atoms with Gasteiger partial charge in [0.25, 0.3) is 5.91 Å². The van der Waals surface area contributed by atoms with Crippen molar-refractivity contribution < 1.29 is 14.7 Å². The molecule has 10 nitrogen and oxygen atoms in total. The van der Waals surface area contributed by atoms with Crippen LogP contribution in [0.5, 0.6) is 0 Å². The second-order valence-electron chi connectivity index (χ2n) is 9.64. The lowest BCUT2D eigenvalue weighted by atomic mass is 9.94. The van der Waals surface area contributed by atoms with Crippen LogP contribution in [-0.2, 0) is 6.42 Å². The van der Waals surface area contributed by atoms with Crippen LogP contribution in [-0.4, -0.2) is 62.6 Å². The number of carboxylic acids is 1. The number of hydrogen-bond donors (Lipinski definition) is 2. The molecule has 2 aliphatic rings. The number of aryl methyl sites for hydroxylation is 1. The van der Waals surface area contributed by atoms with Crippen molar-refractivity contribution in [3.8, 4) is 0 Å². The standard InChI is InChI=1S/C27H25N5O5/c1-15-4-5-16-21(7-6-17-23(16)32(15)14-19(24(17)33)27(36)37)30-9-11-31(12-10-30)26(35)18-13-29-20-3-2-8-28-22(20)25(18)34/h2-3,6-8,13-15H,4-5,9-12H2,1H3,(H,29,34)(H,36,37). The minimum absolute atomic E-state index is 0.0766. The van der Waals surface area contributed by atoms with E-state index < -0.39 is 11.4 Å². The van der Waals surface area contributed by atoms with Gasteiger partial charge in [-0.05, 0) is 49.6 Å². The van der Waals surface area contributed by atoms with Gasteiger partial charge in [0.2, 0.25) is 10.9 Å². The van der Waals surface area contributed by atoms with E-state index in [1.54, 1.807) is 23.1 Å². The molecule has 2 aliphatic heterocycles. The van der Waals surface area contributed by atoms with Gasteiger partial charge in [-0.2, -0.15) is 0 Å². The molecule has 0 saturated carbocycles. The zero-order chi connectivity index (χ0) is 25.8. The fourth-order valence-electron chi connectivity index (χ4n) is 5.57. The largest absolute Gasteiger partial charge is 0.477 e. The summed E-state index contributed by atoms with van der Waals surface area (Å²) in [5.74, 6) is -1.54. The smallest absolute Gasteiger partial charge is 0.341 e. The quantitative estimate of drug-likeness (QED) is 0.443. The van der Waals surface area contributed by atoms with Gasteiger partial charge in [0.15, 0.2) is 0 Å². The number of piperazine rings is 1. The summed E-state index contributed by atoms with van der Waals surface area (Å²) in [5, 5.41) is 9.94. The lowest BCUT2D eigenvalue weighted by molar-refractivity contribution is 0.0693. The van der Waals surface area contributed by atoms with Crippen LogP contribution in [0.4, 0.5) is 5.69 Å². The first kappa shape index (κ1) is 23.0. The normalized spacial score (nSPS) is 17.4. The van der Waals surface area contributed by atoms with Crippen molar-refractivity contribution in [1.82, 2.24) is 19.4 Å². The number of nitrogens with one attached hydrogen (secondary N) is 1. The van der Waals surface area contributed by atoms with Gasteiger partial charge in [-0.3, -0.25) is 19.4 Å². The maximum Gasteiger partial charge on any atom is 0.341 e. The lowest BCUT2D eigenvalue weighted by Crippen LogP contribution is -2.50. The Morgan fingerprint density at radius 3 is 2.59 bits per heavy atom. The van der Waals surface area contributed by atoms with Crippen molar-refractivity contribution >= 4 is 39.5 Å². The number of amides is 1. The molecular weight excluding hydrogens is 474 g/mol. The number of aromatic nitrogens is 3. The Hall–Kier alpha value is -4.47. The first-order valence-electron chi connectivity index (χ1n) is 12.3. The van der Waals surface area contributed by atoms with Crippen LogP contribution in [0.25, 0.3) is 21.9 Å². The maximum atomic E-state index is 13.2. The van der Waals surface area contributed by atoms with Crippen molar-refractivity contribution in [2.24, 2.45) is 0 Å². The Kier molecular flexibility index (Phi) is 5.32. The van der Waals surface area contributed by atoms with Gasteiger partial charge in [0.05, 0.1) is 11.0 Å². The first-order valence-corrected chi connectivity index (χ1v) is 12.3. The molecule has 3 aromatic heterocycles. The molecule has 1 amide bonds. The van der Waals surface area contributed by atoms with Crippen LogP contribution >= 0.6 is 0 Å². The van der Waals surface area contributed by atoms with E-state index in [2.05, 4.69) is 14.9 Å². The lowest BCUT2D eigenvalue weighted by Gasteiger charge is -2.38. The molecule has 188 valence electrons. The third kappa shape index (κ3) is 3.59. The molecule has 4 aromatic rings. The van der Waals surface area contributed by atoms with E-state index in [0.717, 1.165) is 29.6 Å². The summed E-state index contributed by atoms with van der Waals surface area (Å²) in [4.78, 5) is 61.6. The summed E-state index contributed by atoms with van der Waals surface area (Å²) < 4.78 is 1.92. The van der Waals surface area contributed by atoms with Crippen molar-refractivity contribution in [1.29, 1.82) is 0 Å². The minimum atomic E-state index is -1.22. The highest BCUT2D eigenvalue weighted by atomic mass is 16.4. The van der Waals surface area contributed by atoms with E-state index in [9.17, 15) is 24.3 Å². The van der Waals surface area contributed by atoms with Crippen LogP contribution in [0.1, 0.15) is 45.7 Å². The van der Waals surface area contributed by atoms with Gasteiger partial charge in [-0.25, -0.2) is 4.79 Å². The van der Waals surface area contributed by atoms with Crippen molar-refractivity contribution in [3.63, 3.8) is 0 Å². The number of nitrogens with zero attached hydrogens (tertiary/aromatic N) is 4. The van der Waals surface area contributed by atoms with E-state index in [1.165, 1.54) is 18.6 Å². The molecule has 1 saturated heterocycles. The monoisotopic (exact) mass is 499 g/mol. The molecule has 0 spiro atoms.